The molecule has 0 aromatic carbocycles. The molecule has 76 valence electrons. The summed E-state index contributed by atoms with van der Waals surface area (Å²) in [6.07, 6.45) is 3.52. The fourth-order valence-electron chi connectivity index (χ4n) is 0.646. The van der Waals surface area contributed by atoms with Gasteiger partial charge < -0.3 is 4.74 Å². The number of pyridine rings is 1. The van der Waals surface area contributed by atoms with E-state index in [-0.39, 0.29) is 0 Å². The second kappa shape index (κ2) is 13.7. The second-order valence-corrected chi connectivity index (χ2v) is 1.79. The first-order chi connectivity index (χ1) is 6.43. The number of ether oxygens (including phenoxy) is 1. The highest BCUT2D eigenvalue weighted by atomic mass is 16.5. The van der Waals surface area contributed by atoms with Crippen molar-refractivity contribution < 1.29 is 4.74 Å². The van der Waals surface area contributed by atoms with Gasteiger partial charge in [-0.25, -0.2) is 0 Å². The first kappa shape index (κ1) is 14.6. The van der Waals surface area contributed by atoms with Crippen LogP contribution in [0.5, 0.6) is 0 Å². The van der Waals surface area contributed by atoms with Crippen LogP contribution >= 0.6 is 0 Å². The van der Waals surface area contributed by atoms with Gasteiger partial charge in [-0.2, -0.15) is 0 Å². The molecule has 0 aliphatic heterocycles. The van der Waals surface area contributed by atoms with Crippen molar-refractivity contribution in [2.45, 2.75) is 34.3 Å². The van der Waals surface area contributed by atoms with Crippen molar-refractivity contribution in [3.05, 3.63) is 30.1 Å². The molecule has 0 aliphatic carbocycles. The molecule has 0 saturated heterocycles. The van der Waals surface area contributed by atoms with E-state index >= 15 is 0 Å². The Bertz CT molecular complexity index is 163. The van der Waals surface area contributed by atoms with Gasteiger partial charge in [0.2, 0.25) is 0 Å². The maximum atomic E-state index is 4.90. The molecule has 0 unspecified atom stereocenters. The normalized spacial score (nSPS) is 7.46. The van der Waals surface area contributed by atoms with E-state index in [9.17, 15) is 0 Å². The quantitative estimate of drug-likeness (QED) is 0.702. The van der Waals surface area contributed by atoms with Gasteiger partial charge in [0.1, 0.15) is 0 Å². The monoisotopic (exact) mass is 183 g/mol. The summed E-state index contributed by atoms with van der Waals surface area (Å²) in [5.41, 5.74) is 1.16. The third kappa shape index (κ3) is 9.02. The van der Waals surface area contributed by atoms with E-state index < -0.39 is 0 Å². The average Bonchev–Trinajstić information content (AvgIpc) is 2.26. The Morgan fingerprint density at radius 3 is 1.92 bits per heavy atom. The Morgan fingerprint density at radius 1 is 1.08 bits per heavy atom. The second-order valence-electron chi connectivity index (χ2n) is 1.79. The molecule has 0 spiro atoms. The Labute approximate surface area is 82.0 Å². The van der Waals surface area contributed by atoms with E-state index in [0.29, 0.717) is 6.61 Å². The highest BCUT2D eigenvalue weighted by molar-refractivity contribution is 5.07. The van der Waals surface area contributed by atoms with Gasteiger partial charge in [-0.3, -0.25) is 4.98 Å². The zero-order valence-corrected chi connectivity index (χ0v) is 9.37. The van der Waals surface area contributed by atoms with E-state index in [1.807, 2.05) is 39.8 Å². The van der Waals surface area contributed by atoms with Crippen LogP contribution in [-0.4, -0.2) is 12.1 Å². The molecular formula is C11H21NO. The summed E-state index contributed by atoms with van der Waals surface area (Å²) in [7, 11) is 1.68. The minimum absolute atomic E-state index is 0.669. The lowest BCUT2D eigenvalue weighted by molar-refractivity contribution is 0.185. The van der Waals surface area contributed by atoms with Crippen LogP contribution in [0.2, 0.25) is 0 Å². The lowest BCUT2D eigenvalue weighted by atomic mass is 10.3. The Kier molecular flexibility index (Phi) is 15.4. The van der Waals surface area contributed by atoms with Gasteiger partial charge in [-0.05, 0) is 17.7 Å². The van der Waals surface area contributed by atoms with E-state index in [4.69, 9.17) is 4.74 Å². The van der Waals surface area contributed by atoms with E-state index in [1.165, 1.54) is 0 Å². The molecule has 1 aromatic heterocycles. The van der Waals surface area contributed by atoms with Gasteiger partial charge in [0.15, 0.2) is 0 Å². The Morgan fingerprint density at radius 2 is 1.54 bits per heavy atom. The summed E-state index contributed by atoms with van der Waals surface area (Å²) in [6, 6.07) is 3.87. The zero-order valence-electron chi connectivity index (χ0n) is 9.37. The van der Waals surface area contributed by atoms with Crippen LogP contribution in [0.3, 0.4) is 0 Å². The number of nitrogens with zero attached hydrogens (tertiary/aromatic N) is 1. The largest absolute Gasteiger partial charge is 0.380 e. The predicted molar refractivity (Wildman–Crippen MR) is 57.6 cm³/mol. The molecule has 2 nitrogen and oxygen atoms in total. The van der Waals surface area contributed by atoms with E-state index in [2.05, 4.69) is 4.98 Å². The van der Waals surface area contributed by atoms with Gasteiger partial charge in [0.25, 0.3) is 0 Å². The molecule has 0 atom stereocenters. The molecule has 0 fully saturated rings. The molecule has 2 heteroatoms. The molecule has 0 amide bonds. The molecule has 1 heterocycles. The predicted octanol–water partition coefficient (Wildman–Crippen LogP) is 3.28. The first-order valence-corrected chi connectivity index (χ1v) is 4.81. The lowest BCUT2D eigenvalue weighted by Gasteiger charge is -1.94. The van der Waals surface area contributed by atoms with Crippen LogP contribution in [-0.2, 0) is 11.3 Å². The molecule has 0 saturated carbocycles. The first-order valence-electron chi connectivity index (χ1n) is 4.81. The molecule has 0 N–H and O–H groups in total. The van der Waals surface area contributed by atoms with Crippen LogP contribution in [0.25, 0.3) is 0 Å². The number of rotatable bonds is 2. The van der Waals surface area contributed by atoms with Crippen LogP contribution in [0, 0.1) is 0 Å². The van der Waals surface area contributed by atoms with Gasteiger partial charge in [0, 0.05) is 19.5 Å². The molecule has 13 heavy (non-hydrogen) atoms. The highest BCUT2D eigenvalue weighted by Crippen LogP contribution is 1.95. The average molecular weight is 183 g/mol. The van der Waals surface area contributed by atoms with Crippen molar-refractivity contribution in [3.8, 4) is 0 Å². The Hall–Kier alpha value is -0.890. The highest BCUT2D eigenvalue weighted by Gasteiger charge is 1.85. The summed E-state index contributed by atoms with van der Waals surface area (Å²) in [6.45, 7) is 8.67. The van der Waals surface area contributed by atoms with Crippen LogP contribution < -0.4 is 0 Å². The summed E-state index contributed by atoms with van der Waals surface area (Å²) in [4.78, 5) is 3.87. The molecule has 0 aliphatic rings. The zero-order chi connectivity index (χ0) is 10.5. The molecule has 0 bridgehead atoms. The molecular weight excluding hydrogens is 162 g/mol. The summed E-state index contributed by atoms with van der Waals surface area (Å²) >= 11 is 0. The van der Waals surface area contributed by atoms with Crippen molar-refractivity contribution in [1.29, 1.82) is 0 Å². The van der Waals surface area contributed by atoms with Crippen LogP contribution in [0.15, 0.2) is 24.5 Å². The maximum absolute atomic E-state index is 4.90. The van der Waals surface area contributed by atoms with Gasteiger partial charge in [-0.15, -0.1) is 0 Å². The van der Waals surface area contributed by atoms with Gasteiger partial charge >= 0.3 is 0 Å². The van der Waals surface area contributed by atoms with E-state index in [0.717, 1.165) is 5.56 Å². The number of hydrogen-bond acceptors (Lipinski definition) is 2. The standard InChI is InChI=1S/C7H9NO.2C2H6/c1-9-6-7-2-4-8-5-3-7;2*1-2/h2-5H,6H2,1H3;2*1-2H3. The number of hydrogen-bond donors (Lipinski definition) is 0. The van der Waals surface area contributed by atoms with Crippen molar-refractivity contribution in [2.75, 3.05) is 7.11 Å². The minimum Gasteiger partial charge on any atom is -0.380 e. The summed E-state index contributed by atoms with van der Waals surface area (Å²) in [5.74, 6) is 0. The summed E-state index contributed by atoms with van der Waals surface area (Å²) in [5, 5.41) is 0. The fourth-order valence-corrected chi connectivity index (χ4v) is 0.646. The smallest absolute Gasteiger partial charge is 0.0714 e. The topological polar surface area (TPSA) is 22.1 Å². The third-order valence-corrected chi connectivity index (χ3v) is 1.06. The van der Waals surface area contributed by atoms with Crippen LogP contribution in [0.4, 0.5) is 0 Å². The van der Waals surface area contributed by atoms with Crippen molar-refractivity contribution in [3.63, 3.8) is 0 Å². The molecule has 0 radical (unpaired) electrons. The van der Waals surface area contributed by atoms with Crippen molar-refractivity contribution >= 4 is 0 Å². The fraction of sp³-hybridized carbons (Fsp3) is 0.545. The third-order valence-electron chi connectivity index (χ3n) is 1.06. The lowest BCUT2D eigenvalue weighted by Crippen LogP contribution is -1.85. The van der Waals surface area contributed by atoms with Crippen molar-refractivity contribution in [2.24, 2.45) is 0 Å². The van der Waals surface area contributed by atoms with Crippen molar-refractivity contribution in [1.82, 2.24) is 4.98 Å². The van der Waals surface area contributed by atoms with Gasteiger partial charge in [-0.1, -0.05) is 27.7 Å². The maximum Gasteiger partial charge on any atom is 0.0714 e. The van der Waals surface area contributed by atoms with E-state index in [1.54, 1.807) is 19.5 Å². The Balaban J connectivity index is 0. The number of aromatic nitrogens is 1. The molecule has 1 aromatic rings. The minimum atomic E-state index is 0.669. The summed E-state index contributed by atoms with van der Waals surface area (Å²) < 4.78 is 4.90. The molecule has 1 rings (SSSR count). The SMILES string of the molecule is CC.CC.COCc1ccncc1. The van der Waals surface area contributed by atoms with Gasteiger partial charge in [0.05, 0.1) is 6.61 Å². The number of methoxy groups -OCH3 is 1. The van der Waals surface area contributed by atoms with Crippen LogP contribution in [0.1, 0.15) is 33.3 Å².